The summed E-state index contributed by atoms with van der Waals surface area (Å²) in [5.74, 6) is 5.69. The van der Waals surface area contributed by atoms with Gasteiger partial charge in [-0.05, 0) is 11.4 Å². The molecule has 1 aliphatic rings. The molecule has 0 aliphatic carbocycles. The van der Waals surface area contributed by atoms with Crippen molar-refractivity contribution in [1.82, 2.24) is 4.90 Å². The Bertz CT molecular complexity index is 520. The van der Waals surface area contributed by atoms with Crippen LogP contribution in [0.15, 0.2) is 11.4 Å². The van der Waals surface area contributed by atoms with E-state index in [9.17, 15) is 4.79 Å². The third-order valence-corrected chi connectivity index (χ3v) is 4.20. The van der Waals surface area contributed by atoms with Gasteiger partial charge in [0.1, 0.15) is 17.1 Å². The molecule has 1 fully saturated rings. The van der Waals surface area contributed by atoms with Gasteiger partial charge >= 0.3 is 0 Å². The lowest BCUT2D eigenvalue weighted by molar-refractivity contribution is -0.00461. The number of thiophene rings is 1. The summed E-state index contributed by atoms with van der Waals surface area (Å²) < 4.78 is 10.7. The maximum Gasteiger partial charge on any atom is 0.265 e. The van der Waals surface area contributed by atoms with E-state index in [-0.39, 0.29) is 24.7 Å². The van der Waals surface area contributed by atoms with Crippen LogP contribution in [0.3, 0.4) is 0 Å². The molecule has 2 atom stereocenters. The van der Waals surface area contributed by atoms with Gasteiger partial charge < -0.3 is 20.1 Å². The first-order valence-electron chi connectivity index (χ1n) is 6.32. The second-order valence-corrected chi connectivity index (χ2v) is 5.34. The predicted molar refractivity (Wildman–Crippen MR) is 77.7 cm³/mol. The van der Waals surface area contributed by atoms with Crippen LogP contribution in [-0.2, 0) is 9.47 Å². The Balaban J connectivity index is 2.15. The number of amides is 1. The molecule has 2 N–H and O–H groups in total. The van der Waals surface area contributed by atoms with E-state index in [2.05, 4.69) is 11.8 Å². The quantitative estimate of drug-likeness (QED) is 0.827. The van der Waals surface area contributed by atoms with E-state index >= 15 is 0 Å². The van der Waals surface area contributed by atoms with Crippen molar-refractivity contribution in [2.45, 2.75) is 12.2 Å². The van der Waals surface area contributed by atoms with Crippen molar-refractivity contribution in [1.29, 1.82) is 0 Å². The number of rotatable bonds is 3. The Morgan fingerprint density at radius 1 is 1.45 bits per heavy atom. The van der Waals surface area contributed by atoms with Gasteiger partial charge in [0.2, 0.25) is 0 Å². The Hall–Kier alpha value is -1.39. The SMILES string of the molecule is COC1CN(C(=O)c2sccc2C#CCN)CC1OC. The van der Waals surface area contributed by atoms with Crippen LogP contribution in [-0.4, -0.2) is 56.9 Å². The Kier molecular flexibility index (Phi) is 5.15. The Labute approximate surface area is 122 Å². The summed E-state index contributed by atoms with van der Waals surface area (Å²) in [7, 11) is 3.27. The predicted octanol–water partition coefficient (Wildman–Crippen LogP) is 0.544. The molecular formula is C14H18N2O3S. The summed E-state index contributed by atoms with van der Waals surface area (Å²) in [6.45, 7) is 1.36. The molecule has 1 aromatic rings. The minimum atomic E-state index is -0.0810. The van der Waals surface area contributed by atoms with Crippen LogP contribution >= 0.6 is 11.3 Å². The number of nitrogens with zero attached hydrogens (tertiary/aromatic N) is 1. The van der Waals surface area contributed by atoms with E-state index in [0.29, 0.717) is 18.0 Å². The second kappa shape index (κ2) is 6.86. The molecule has 0 bridgehead atoms. The van der Waals surface area contributed by atoms with Crippen LogP contribution in [0, 0.1) is 11.8 Å². The van der Waals surface area contributed by atoms with E-state index in [0.717, 1.165) is 5.56 Å². The fourth-order valence-electron chi connectivity index (χ4n) is 2.23. The molecule has 0 spiro atoms. The number of nitrogens with two attached hydrogens (primary N) is 1. The van der Waals surface area contributed by atoms with Crippen molar-refractivity contribution in [3.8, 4) is 11.8 Å². The van der Waals surface area contributed by atoms with Crippen LogP contribution in [0.1, 0.15) is 15.2 Å². The van der Waals surface area contributed by atoms with Crippen molar-refractivity contribution in [2.75, 3.05) is 33.9 Å². The lowest BCUT2D eigenvalue weighted by atomic mass is 10.2. The highest BCUT2D eigenvalue weighted by Gasteiger charge is 2.36. The molecular weight excluding hydrogens is 276 g/mol. The van der Waals surface area contributed by atoms with Gasteiger partial charge in [0.15, 0.2) is 0 Å². The fraction of sp³-hybridized carbons (Fsp3) is 0.500. The standard InChI is InChI=1S/C14H18N2O3S/c1-18-11-8-16(9-12(11)19-2)14(17)13-10(4-3-6-15)5-7-20-13/h5,7,11-12H,6,8-9,15H2,1-2H3. The first-order valence-corrected chi connectivity index (χ1v) is 7.20. The van der Waals surface area contributed by atoms with E-state index < -0.39 is 0 Å². The van der Waals surface area contributed by atoms with Crippen LogP contribution in [0.25, 0.3) is 0 Å². The average Bonchev–Trinajstić information content (AvgIpc) is 3.10. The molecule has 6 heteroatoms. The van der Waals surface area contributed by atoms with Crippen LogP contribution in [0.4, 0.5) is 0 Å². The highest BCUT2D eigenvalue weighted by molar-refractivity contribution is 7.12. The number of methoxy groups -OCH3 is 2. The van der Waals surface area contributed by atoms with Gasteiger partial charge in [-0.15, -0.1) is 11.3 Å². The van der Waals surface area contributed by atoms with Gasteiger partial charge in [-0.3, -0.25) is 4.79 Å². The topological polar surface area (TPSA) is 64.8 Å². The summed E-state index contributed by atoms with van der Waals surface area (Å²) in [4.78, 5) is 14.9. The van der Waals surface area contributed by atoms with Crippen LogP contribution in [0.5, 0.6) is 0 Å². The number of hydrogen-bond donors (Lipinski definition) is 1. The molecule has 0 radical (unpaired) electrons. The van der Waals surface area contributed by atoms with Crippen molar-refractivity contribution >= 4 is 17.2 Å². The number of carbonyl (C=O) groups is 1. The summed E-state index contributed by atoms with van der Waals surface area (Å²) in [6, 6.07) is 1.85. The zero-order chi connectivity index (χ0) is 14.5. The first kappa shape index (κ1) is 15.0. The van der Waals surface area contributed by atoms with Crippen molar-refractivity contribution < 1.29 is 14.3 Å². The van der Waals surface area contributed by atoms with Gasteiger partial charge in [-0.25, -0.2) is 0 Å². The minimum Gasteiger partial charge on any atom is -0.377 e. The van der Waals surface area contributed by atoms with Gasteiger partial charge in [0.05, 0.1) is 6.54 Å². The fourth-order valence-corrected chi connectivity index (χ4v) is 3.04. The summed E-state index contributed by atoms with van der Waals surface area (Å²) in [5, 5.41) is 1.87. The maximum absolute atomic E-state index is 12.5. The van der Waals surface area contributed by atoms with Crippen LogP contribution < -0.4 is 5.73 Å². The largest absolute Gasteiger partial charge is 0.377 e. The number of hydrogen-bond acceptors (Lipinski definition) is 5. The lowest BCUT2D eigenvalue weighted by Crippen LogP contribution is -2.29. The molecule has 2 unspecified atom stereocenters. The lowest BCUT2D eigenvalue weighted by Gasteiger charge is -2.14. The van der Waals surface area contributed by atoms with Crippen LogP contribution in [0.2, 0.25) is 0 Å². The molecule has 2 rings (SSSR count). The minimum absolute atomic E-state index is 0.0251. The molecule has 1 amide bonds. The maximum atomic E-state index is 12.5. The van der Waals surface area contributed by atoms with Gasteiger partial charge in [-0.1, -0.05) is 11.8 Å². The molecule has 1 saturated heterocycles. The highest BCUT2D eigenvalue weighted by atomic mass is 32.1. The summed E-state index contributed by atoms with van der Waals surface area (Å²) >= 11 is 1.40. The zero-order valence-electron chi connectivity index (χ0n) is 11.6. The highest BCUT2D eigenvalue weighted by Crippen LogP contribution is 2.23. The normalized spacial score (nSPS) is 21.6. The summed E-state index contributed by atoms with van der Waals surface area (Å²) in [6.07, 6.45) is -0.162. The van der Waals surface area contributed by atoms with Crippen molar-refractivity contribution in [3.05, 3.63) is 21.9 Å². The molecule has 20 heavy (non-hydrogen) atoms. The Morgan fingerprint density at radius 3 is 2.65 bits per heavy atom. The van der Waals surface area contributed by atoms with Crippen molar-refractivity contribution in [2.24, 2.45) is 5.73 Å². The molecule has 0 aromatic carbocycles. The molecule has 0 saturated carbocycles. The number of carbonyl (C=O) groups excluding carboxylic acids is 1. The average molecular weight is 294 g/mol. The molecule has 1 aromatic heterocycles. The third-order valence-electron chi connectivity index (χ3n) is 3.29. The van der Waals surface area contributed by atoms with E-state index in [1.165, 1.54) is 11.3 Å². The number of likely N-dealkylation sites (tertiary alicyclic amines) is 1. The van der Waals surface area contributed by atoms with Gasteiger partial charge in [-0.2, -0.15) is 0 Å². The van der Waals surface area contributed by atoms with Gasteiger partial charge in [0, 0.05) is 32.9 Å². The second-order valence-electron chi connectivity index (χ2n) is 4.43. The zero-order valence-corrected chi connectivity index (χ0v) is 12.4. The third kappa shape index (κ3) is 3.02. The monoisotopic (exact) mass is 294 g/mol. The Morgan fingerprint density at radius 2 is 2.10 bits per heavy atom. The summed E-state index contributed by atoms with van der Waals surface area (Å²) in [5.41, 5.74) is 6.10. The van der Waals surface area contributed by atoms with Gasteiger partial charge in [0.25, 0.3) is 5.91 Å². The van der Waals surface area contributed by atoms with E-state index in [1.807, 2.05) is 11.4 Å². The van der Waals surface area contributed by atoms with E-state index in [1.54, 1.807) is 19.1 Å². The molecule has 1 aliphatic heterocycles. The molecule has 2 heterocycles. The molecule has 108 valence electrons. The smallest absolute Gasteiger partial charge is 0.265 e. The molecule has 5 nitrogen and oxygen atoms in total. The first-order chi connectivity index (χ1) is 9.71. The van der Waals surface area contributed by atoms with Crippen molar-refractivity contribution in [3.63, 3.8) is 0 Å². The number of ether oxygens (including phenoxy) is 2. The van der Waals surface area contributed by atoms with E-state index in [4.69, 9.17) is 15.2 Å².